The zero-order valence-corrected chi connectivity index (χ0v) is 17.0. The third-order valence-electron chi connectivity index (χ3n) is 3.13. The Morgan fingerprint density at radius 2 is 2.04 bits per heavy atom. The van der Waals surface area contributed by atoms with Gasteiger partial charge in [0.15, 0.2) is 5.96 Å². The van der Waals surface area contributed by atoms with Crippen LogP contribution in [-0.4, -0.2) is 39.5 Å². The zero-order chi connectivity index (χ0) is 16.8. The lowest BCUT2D eigenvalue weighted by Gasteiger charge is -2.18. The lowest BCUT2D eigenvalue weighted by molar-refractivity contribution is 0.601. The number of halogens is 2. The van der Waals surface area contributed by atoms with E-state index in [1.54, 1.807) is 13.0 Å². The number of aryl methyl sites for hydroxylation is 1. The maximum absolute atomic E-state index is 13.6. The Morgan fingerprint density at radius 3 is 2.57 bits per heavy atom. The van der Waals surface area contributed by atoms with E-state index in [1.807, 2.05) is 19.9 Å². The molecule has 0 aliphatic rings. The molecule has 0 spiro atoms. The second-order valence-corrected chi connectivity index (χ2v) is 7.52. The van der Waals surface area contributed by atoms with Gasteiger partial charge in [0, 0.05) is 12.8 Å². The van der Waals surface area contributed by atoms with E-state index in [0.717, 1.165) is 5.56 Å². The van der Waals surface area contributed by atoms with Gasteiger partial charge >= 0.3 is 0 Å². The van der Waals surface area contributed by atoms with Crippen molar-refractivity contribution < 1.29 is 12.8 Å². The molecular weight excluding hydrogens is 432 g/mol. The highest BCUT2D eigenvalue weighted by molar-refractivity contribution is 14.0. The van der Waals surface area contributed by atoms with E-state index < -0.39 is 9.84 Å². The summed E-state index contributed by atoms with van der Waals surface area (Å²) >= 11 is 0. The predicted molar refractivity (Wildman–Crippen MR) is 104 cm³/mol. The first-order valence-electron chi connectivity index (χ1n) is 7.21. The molecule has 0 aliphatic heterocycles. The molecule has 0 heterocycles. The van der Waals surface area contributed by atoms with Crippen LogP contribution in [0, 0.1) is 12.7 Å². The Morgan fingerprint density at radius 1 is 1.39 bits per heavy atom. The molecule has 1 atom stereocenters. The summed E-state index contributed by atoms with van der Waals surface area (Å²) in [5.41, 5.74) is 1.40. The van der Waals surface area contributed by atoms with Crippen molar-refractivity contribution in [2.24, 2.45) is 4.99 Å². The van der Waals surface area contributed by atoms with Crippen LogP contribution in [-0.2, 0) is 9.84 Å². The Hall–Kier alpha value is -0.900. The standard InChI is InChI=1S/C15H24FN3O2S.HI/c1-5-17-15(18-8-9-22(4,20)21)19-12(3)13-7-6-11(2)14(16)10-13;/h6-7,10,12H,5,8-9H2,1-4H3,(H2,17,18,19);1H. The first kappa shape index (κ1) is 22.1. The topological polar surface area (TPSA) is 70.6 Å². The molecule has 0 aliphatic carbocycles. The molecule has 5 nitrogen and oxygen atoms in total. The van der Waals surface area contributed by atoms with Gasteiger partial charge in [0.05, 0.1) is 18.3 Å². The molecule has 0 radical (unpaired) electrons. The van der Waals surface area contributed by atoms with Gasteiger partial charge in [-0.3, -0.25) is 4.99 Å². The maximum Gasteiger partial charge on any atom is 0.191 e. The van der Waals surface area contributed by atoms with Gasteiger partial charge in [0.2, 0.25) is 0 Å². The molecule has 8 heteroatoms. The fourth-order valence-electron chi connectivity index (χ4n) is 1.81. The Balaban J connectivity index is 0.00000484. The molecule has 0 saturated heterocycles. The van der Waals surface area contributed by atoms with Gasteiger partial charge in [-0.1, -0.05) is 12.1 Å². The first-order chi connectivity index (χ1) is 10.2. The Bertz CT molecular complexity index is 636. The van der Waals surface area contributed by atoms with E-state index in [9.17, 15) is 12.8 Å². The Kier molecular flexibility index (Phi) is 9.67. The summed E-state index contributed by atoms with van der Waals surface area (Å²) in [5, 5.41) is 6.19. The summed E-state index contributed by atoms with van der Waals surface area (Å²) in [6.45, 7) is 6.37. The smallest absolute Gasteiger partial charge is 0.191 e. The van der Waals surface area contributed by atoms with E-state index in [-0.39, 0.29) is 48.1 Å². The summed E-state index contributed by atoms with van der Waals surface area (Å²) in [4.78, 5) is 4.23. The number of rotatable bonds is 6. The molecule has 1 rings (SSSR count). The van der Waals surface area contributed by atoms with Gasteiger partial charge in [-0.15, -0.1) is 24.0 Å². The van der Waals surface area contributed by atoms with Crippen LogP contribution in [0.25, 0.3) is 0 Å². The number of hydrogen-bond acceptors (Lipinski definition) is 3. The minimum Gasteiger partial charge on any atom is -0.357 e. The summed E-state index contributed by atoms with van der Waals surface area (Å²) in [6.07, 6.45) is 1.18. The van der Waals surface area contributed by atoms with Crippen molar-refractivity contribution in [3.05, 3.63) is 35.1 Å². The fraction of sp³-hybridized carbons (Fsp3) is 0.533. The largest absolute Gasteiger partial charge is 0.357 e. The minimum absolute atomic E-state index is 0. The summed E-state index contributed by atoms with van der Waals surface area (Å²) in [7, 11) is -3.04. The molecule has 1 unspecified atom stereocenters. The van der Waals surface area contributed by atoms with Gasteiger partial charge in [-0.2, -0.15) is 0 Å². The quantitative estimate of drug-likeness (QED) is 0.391. The van der Waals surface area contributed by atoms with Crippen molar-refractivity contribution in [2.45, 2.75) is 26.8 Å². The van der Waals surface area contributed by atoms with Crippen LogP contribution < -0.4 is 10.6 Å². The first-order valence-corrected chi connectivity index (χ1v) is 9.27. The molecule has 2 N–H and O–H groups in total. The highest BCUT2D eigenvalue weighted by Crippen LogP contribution is 2.16. The number of guanidine groups is 1. The van der Waals surface area contributed by atoms with Gasteiger partial charge in [0.25, 0.3) is 0 Å². The third-order valence-corrected chi connectivity index (χ3v) is 4.05. The zero-order valence-electron chi connectivity index (χ0n) is 13.9. The normalized spacial score (nSPS) is 13.2. The van der Waals surface area contributed by atoms with Gasteiger partial charge in [-0.05, 0) is 38.0 Å². The predicted octanol–water partition coefficient (Wildman–Crippen LogP) is 2.41. The molecule has 0 saturated carbocycles. The van der Waals surface area contributed by atoms with E-state index >= 15 is 0 Å². The van der Waals surface area contributed by atoms with Crippen LogP contribution in [0.2, 0.25) is 0 Å². The molecule has 132 valence electrons. The van der Waals surface area contributed by atoms with Crippen molar-refractivity contribution >= 4 is 39.8 Å². The fourth-order valence-corrected chi connectivity index (χ4v) is 2.23. The molecule has 0 fully saturated rings. The molecule has 0 bridgehead atoms. The highest BCUT2D eigenvalue weighted by Gasteiger charge is 2.10. The molecule has 1 aromatic rings. The lowest BCUT2D eigenvalue weighted by Crippen LogP contribution is -2.39. The summed E-state index contributed by atoms with van der Waals surface area (Å²) in [6, 6.07) is 4.94. The summed E-state index contributed by atoms with van der Waals surface area (Å²) in [5.74, 6) is 0.265. The highest BCUT2D eigenvalue weighted by atomic mass is 127. The molecule has 1 aromatic carbocycles. The third kappa shape index (κ3) is 8.50. The van der Waals surface area contributed by atoms with Crippen molar-refractivity contribution in [3.8, 4) is 0 Å². The van der Waals surface area contributed by atoms with Crippen LogP contribution >= 0.6 is 24.0 Å². The maximum atomic E-state index is 13.6. The summed E-state index contributed by atoms with van der Waals surface area (Å²) < 4.78 is 35.9. The number of hydrogen-bond donors (Lipinski definition) is 2. The SMILES string of the molecule is CCNC(=NCCS(C)(=O)=O)NC(C)c1ccc(C)c(F)c1.I. The van der Waals surface area contributed by atoms with Crippen molar-refractivity contribution in [2.75, 3.05) is 25.1 Å². The van der Waals surface area contributed by atoms with Gasteiger partial charge < -0.3 is 10.6 Å². The van der Waals surface area contributed by atoms with Gasteiger partial charge in [-0.25, -0.2) is 12.8 Å². The number of aliphatic imine (C=N–C) groups is 1. The second kappa shape index (κ2) is 10.1. The molecule has 23 heavy (non-hydrogen) atoms. The number of benzene rings is 1. The van der Waals surface area contributed by atoms with E-state index in [4.69, 9.17) is 0 Å². The van der Waals surface area contributed by atoms with E-state index in [2.05, 4.69) is 15.6 Å². The monoisotopic (exact) mass is 457 g/mol. The van der Waals surface area contributed by atoms with Gasteiger partial charge in [0.1, 0.15) is 15.7 Å². The van der Waals surface area contributed by atoms with E-state index in [1.165, 1.54) is 12.3 Å². The van der Waals surface area contributed by atoms with Crippen molar-refractivity contribution in [3.63, 3.8) is 0 Å². The van der Waals surface area contributed by atoms with Crippen LogP contribution in [0.3, 0.4) is 0 Å². The number of nitrogens with zero attached hydrogens (tertiary/aromatic N) is 1. The molecular formula is C15H25FIN3O2S. The van der Waals surface area contributed by atoms with Crippen molar-refractivity contribution in [1.29, 1.82) is 0 Å². The number of sulfone groups is 1. The van der Waals surface area contributed by atoms with Crippen molar-refractivity contribution in [1.82, 2.24) is 10.6 Å². The van der Waals surface area contributed by atoms with Crippen LogP contribution in [0.15, 0.2) is 23.2 Å². The minimum atomic E-state index is -3.04. The van der Waals surface area contributed by atoms with E-state index in [0.29, 0.717) is 18.1 Å². The Labute approximate surface area is 155 Å². The molecule has 0 amide bonds. The second-order valence-electron chi connectivity index (χ2n) is 5.27. The average molecular weight is 457 g/mol. The van der Waals surface area contributed by atoms with Crippen LogP contribution in [0.1, 0.15) is 31.0 Å². The van der Waals surface area contributed by atoms with Crippen LogP contribution in [0.4, 0.5) is 4.39 Å². The average Bonchev–Trinajstić information content (AvgIpc) is 2.40. The van der Waals surface area contributed by atoms with Crippen LogP contribution in [0.5, 0.6) is 0 Å². The lowest BCUT2D eigenvalue weighted by atomic mass is 10.1. The molecule has 0 aromatic heterocycles. The number of nitrogens with one attached hydrogen (secondary N) is 2.